The second kappa shape index (κ2) is 9.63. The molecular formula is C20H23NO3. The fourth-order valence-electron chi connectivity index (χ4n) is 2.66. The molecule has 2 aromatic rings. The van der Waals surface area contributed by atoms with Crippen LogP contribution in [-0.4, -0.2) is 16.9 Å². The molecule has 0 atom stereocenters. The molecule has 0 aliphatic heterocycles. The summed E-state index contributed by atoms with van der Waals surface area (Å²) in [6, 6.07) is 14.2. The van der Waals surface area contributed by atoms with Gasteiger partial charge in [-0.05, 0) is 35.3 Å². The first-order chi connectivity index (χ1) is 11.7. The molecule has 0 radical (unpaired) electrons. The highest BCUT2D eigenvalue weighted by molar-refractivity contribution is 5.97. The summed E-state index contributed by atoms with van der Waals surface area (Å²) in [5.41, 5.74) is 2.67. The van der Waals surface area contributed by atoms with Crippen molar-refractivity contribution in [3.8, 4) is 0 Å². The molecule has 4 nitrogen and oxygen atoms in total. The van der Waals surface area contributed by atoms with Crippen molar-refractivity contribution in [3.63, 3.8) is 0 Å². The molecule has 1 amide bonds. The van der Waals surface area contributed by atoms with Crippen molar-refractivity contribution in [3.05, 3.63) is 54.1 Å². The molecule has 0 saturated carbocycles. The summed E-state index contributed by atoms with van der Waals surface area (Å²) in [5.74, 6) is -0.236. The normalized spacial score (nSPS) is 11.0. The molecule has 0 saturated heterocycles. The molecule has 0 aromatic heterocycles. The minimum Gasteiger partial charge on any atom is -0.295 e. The van der Waals surface area contributed by atoms with E-state index in [0.29, 0.717) is 12.8 Å². The zero-order valence-corrected chi connectivity index (χ0v) is 13.7. The topological polar surface area (TPSA) is 66.4 Å². The Balaban J connectivity index is 1.76. The highest BCUT2D eigenvalue weighted by Gasteiger charge is 2.01. The smallest absolute Gasteiger partial charge is 0.243 e. The highest BCUT2D eigenvalue weighted by Crippen LogP contribution is 2.19. The van der Waals surface area contributed by atoms with Gasteiger partial charge in [-0.3, -0.25) is 14.8 Å². The Morgan fingerprint density at radius 1 is 0.917 bits per heavy atom. The summed E-state index contributed by atoms with van der Waals surface area (Å²) < 4.78 is 0. The van der Waals surface area contributed by atoms with Crippen LogP contribution in [0.1, 0.15) is 44.1 Å². The number of carbonyl (C=O) groups excluding carboxylic acids is 2. The van der Waals surface area contributed by atoms with Crippen LogP contribution in [0.15, 0.2) is 48.5 Å². The number of unbranched alkanes of at least 4 members (excludes halogenated alkanes) is 3. The van der Waals surface area contributed by atoms with Crippen molar-refractivity contribution < 1.29 is 14.8 Å². The third-order valence-electron chi connectivity index (χ3n) is 3.97. The number of fused-ring (bicyclic) bond motifs is 1. The molecule has 0 spiro atoms. The zero-order valence-electron chi connectivity index (χ0n) is 13.7. The zero-order chi connectivity index (χ0) is 17.2. The Morgan fingerprint density at radius 2 is 1.62 bits per heavy atom. The lowest BCUT2D eigenvalue weighted by Gasteiger charge is -2.02. The van der Waals surface area contributed by atoms with Crippen LogP contribution in [0.5, 0.6) is 0 Å². The first kappa shape index (κ1) is 17.9. The Labute approximate surface area is 142 Å². The summed E-state index contributed by atoms with van der Waals surface area (Å²) in [6.07, 6.45) is 7.72. The predicted octanol–water partition coefficient (Wildman–Crippen LogP) is 4.27. The van der Waals surface area contributed by atoms with Crippen LogP contribution in [-0.2, 0) is 9.59 Å². The summed E-state index contributed by atoms with van der Waals surface area (Å²) in [7, 11) is 0. The number of carbonyl (C=O) groups is 2. The van der Waals surface area contributed by atoms with Gasteiger partial charge in [0.25, 0.3) is 0 Å². The van der Waals surface area contributed by atoms with Crippen LogP contribution in [0.25, 0.3) is 16.8 Å². The maximum atomic E-state index is 12.0. The van der Waals surface area contributed by atoms with Gasteiger partial charge < -0.3 is 0 Å². The van der Waals surface area contributed by atoms with E-state index in [0.717, 1.165) is 36.6 Å². The van der Waals surface area contributed by atoms with Crippen LogP contribution >= 0.6 is 0 Å². The van der Waals surface area contributed by atoms with E-state index in [9.17, 15) is 9.59 Å². The number of nitrogens with one attached hydrogen (secondary N) is 1. The van der Waals surface area contributed by atoms with Crippen molar-refractivity contribution in [2.75, 3.05) is 0 Å². The molecule has 0 heterocycles. The fraction of sp³-hybridized carbons (Fsp3) is 0.300. The second-order valence-corrected chi connectivity index (χ2v) is 5.82. The van der Waals surface area contributed by atoms with Crippen LogP contribution in [0.4, 0.5) is 0 Å². The lowest BCUT2D eigenvalue weighted by Crippen LogP contribution is -2.17. The standard InChI is InChI=1S/C20H23NO3/c22-18(11-3-1-2-4-13-20(23)21-24)15-14-17-10-7-9-16-8-5-6-12-19(16)17/h5-10,12,14-15,24H,1-4,11,13H2,(H,21,23)/b15-14+. The van der Waals surface area contributed by atoms with E-state index >= 15 is 0 Å². The summed E-state index contributed by atoms with van der Waals surface area (Å²) in [4.78, 5) is 22.8. The van der Waals surface area contributed by atoms with Crippen molar-refractivity contribution in [1.82, 2.24) is 5.48 Å². The average Bonchev–Trinajstić information content (AvgIpc) is 2.62. The molecule has 0 aliphatic rings. The Morgan fingerprint density at radius 3 is 2.42 bits per heavy atom. The molecule has 2 N–H and O–H groups in total. The maximum absolute atomic E-state index is 12.0. The molecule has 0 aliphatic carbocycles. The quantitative estimate of drug-likeness (QED) is 0.313. The van der Waals surface area contributed by atoms with Gasteiger partial charge in [0.2, 0.25) is 5.91 Å². The minimum absolute atomic E-state index is 0.121. The minimum atomic E-state index is -0.357. The molecule has 126 valence electrons. The number of amides is 1. The van der Waals surface area contributed by atoms with Gasteiger partial charge in [0, 0.05) is 12.8 Å². The van der Waals surface area contributed by atoms with Crippen molar-refractivity contribution in [2.45, 2.75) is 38.5 Å². The van der Waals surface area contributed by atoms with Gasteiger partial charge in [0.1, 0.15) is 0 Å². The first-order valence-corrected chi connectivity index (χ1v) is 8.32. The van der Waals surface area contributed by atoms with Gasteiger partial charge in [-0.1, -0.05) is 61.4 Å². The van der Waals surface area contributed by atoms with E-state index in [1.807, 2.05) is 30.3 Å². The molecule has 0 fully saturated rings. The van der Waals surface area contributed by atoms with E-state index in [1.165, 1.54) is 5.39 Å². The van der Waals surface area contributed by atoms with Crippen LogP contribution in [0.2, 0.25) is 0 Å². The predicted molar refractivity (Wildman–Crippen MR) is 95.6 cm³/mol. The van der Waals surface area contributed by atoms with E-state index in [1.54, 1.807) is 11.6 Å². The number of hydrogen-bond acceptors (Lipinski definition) is 3. The van der Waals surface area contributed by atoms with E-state index < -0.39 is 0 Å². The molecule has 4 heteroatoms. The number of hydroxylamine groups is 1. The van der Waals surface area contributed by atoms with E-state index in [2.05, 4.69) is 18.2 Å². The highest BCUT2D eigenvalue weighted by atomic mass is 16.5. The molecular weight excluding hydrogens is 302 g/mol. The number of ketones is 1. The molecule has 0 unspecified atom stereocenters. The SMILES string of the molecule is O=C(/C=C/c1cccc2ccccc12)CCCCCCC(=O)NO. The summed E-state index contributed by atoms with van der Waals surface area (Å²) in [5, 5.41) is 10.7. The number of rotatable bonds is 9. The number of hydrogen-bond donors (Lipinski definition) is 2. The van der Waals surface area contributed by atoms with Gasteiger partial charge in [-0.25, -0.2) is 5.48 Å². The molecule has 2 aromatic carbocycles. The van der Waals surface area contributed by atoms with Crippen LogP contribution in [0, 0.1) is 0 Å². The molecule has 2 rings (SSSR count). The van der Waals surface area contributed by atoms with Gasteiger partial charge in [-0.2, -0.15) is 0 Å². The Bertz CT molecular complexity index is 716. The van der Waals surface area contributed by atoms with Gasteiger partial charge in [-0.15, -0.1) is 0 Å². The van der Waals surface area contributed by atoms with Crippen molar-refractivity contribution in [1.29, 1.82) is 0 Å². The molecule has 24 heavy (non-hydrogen) atoms. The first-order valence-electron chi connectivity index (χ1n) is 8.32. The lowest BCUT2D eigenvalue weighted by molar-refractivity contribution is -0.129. The monoisotopic (exact) mass is 325 g/mol. The van der Waals surface area contributed by atoms with Crippen molar-refractivity contribution >= 4 is 28.5 Å². The molecule has 0 bridgehead atoms. The Kier molecular flexibility index (Phi) is 7.18. The number of allylic oxidation sites excluding steroid dienone is 1. The number of benzene rings is 2. The van der Waals surface area contributed by atoms with Crippen LogP contribution < -0.4 is 5.48 Å². The Hall–Kier alpha value is -2.46. The van der Waals surface area contributed by atoms with Crippen molar-refractivity contribution in [2.24, 2.45) is 0 Å². The third-order valence-corrected chi connectivity index (χ3v) is 3.97. The van der Waals surface area contributed by atoms with E-state index in [4.69, 9.17) is 5.21 Å². The summed E-state index contributed by atoms with van der Waals surface area (Å²) >= 11 is 0. The largest absolute Gasteiger partial charge is 0.295 e. The van der Waals surface area contributed by atoms with Gasteiger partial charge >= 0.3 is 0 Å². The van der Waals surface area contributed by atoms with Crippen LogP contribution in [0.3, 0.4) is 0 Å². The maximum Gasteiger partial charge on any atom is 0.243 e. The second-order valence-electron chi connectivity index (χ2n) is 5.82. The third kappa shape index (κ3) is 5.63. The summed E-state index contributed by atoms with van der Waals surface area (Å²) in [6.45, 7) is 0. The van der Waals surface area contributed by atoms with Gasteiger partial charge in [0.05, 0.1) is 0 Å². The van der Waals surface area contributed by atoms with E-state index in [-0.39, 0.29) is 11.7 Å². The fourth-order valence-corrected chi connectivity index (χ4v) is 2.66. The lowest BCUT2D eigenvalue weighted by atomic mass is 10.0. The van der Waals surface area contributed by atoms with Gasteiger partial charge in [0.15, 0.2) is 5.78 Å². The average molecular weight is 325 g/mol.